The molecule has 6 aromatic carbocycles. The number of anilines is 1. The largest absolute Gasteiger partial charge is 1.00 e. The Labute approximate surface area is 302 Å². The fourth-order valence-corrected chi connectivity index (χ4v) is 5.77. The van der Waals surface area contributed by atoms with Crippen molar-refractivity contribution in [2.24, 2.45) is 20.5 Å². The zero-order chi connectivity index (χ0) is 30.4. The summed E-state index contributed by atoms with van der Waals surface area (Å²) in [5.41, 5.74) is 8.35. The Morgan fingerprint density at radius 1 is 0.467 bits per heavy atom. The number of fused-ring (bicyclic) bond motifs is 3. The third-order valence-corrected chi connectivity index (χ3v) is 8.44. The number of rotatable bonds is 6. The van der Waals surface area contributed by atoms with Gasteiger partial charge in [-0.3, -0.25) is 0 Å². The predicted octanol–water partition coefficient (Wildman–Crippen LogP) is 1.38. The van der Waals surface area contributed by atoms with Crippen molar-refractivity contribution in [3.05, 3.63) is 103 Å². The number of azo groups is 2. The minimum atomic E-state index is -4.94. The molecule has 15 heteroatoms. The molecule has 214 valence electrons. The van der Waals surface area contributed by atoms with Gasteiger partial charge < -0.3 is 14.8 Å². The van der Waals surface area contributed by atoms with E-state index in [1.165, 1.54) is 6.07 Å². The molecule has 0 aliphatic carbocycles. The topological polar surface area (TPSA) is 190 Å². The van der Waals surface area contributed by atoms with Crippen molar-refractivity contribution >= 4 is 81.0 Å². The number of hydrogen-bond donors (Lipinski definition) is 1. The van der Waals surface area contributed by atoms with Crippen molar-refractivity contribution in [3.63, 3.8) is 0 Å². The molecule has 0 spiro atoms. The van der Waals surface area contributed by atoms with Crippen LogP contribution in [0.15, 0.2) is 133 Å². The second-order valence-corrected chi connectivity index (χ2v) is 12.3. The first kappa shape index (κ1) is 34.8. The van der Waals surface area contributed by atoms with Crippen LogP contribution in [-0.4, -0.2) is 25.9 Å². The van der Waals surface area contributed by atoms with Gasteiger partial charge in [0.25, 0.3) is 0 Å². The quantitative estimate of drug-likeness (QED) is 0.121. The minimum Gasteiger partial charge on any atom is -0.744 e. The second-order valence-electron chi connectivity index (χ2n) is 9.50. The van der Waals surface area contributed by atoms with Gasteiger partial charge in [0.05, 0.1) is 32.5 Å². The second kappa shape index (κ2) is 13.7. The predicted molar refractivity (Wildman–Crippen MR) is 161 cm³/mol. The first-order valence-corrected chi connectivity index (χ1v) is 15.4. The van der Waals surface area contributed by atoms with E-state index in [1.54, 1.807) is 30.3 Å². The van der Waals surface area contributed by atoms with Gasteiger partial charge in [-0.2, -0.15) is 0 Å². The maximum absolute atomic E-state index is 11.8. The van der Waals surface area contributed by atoms with E-state index in [0.29, 0.717) is 33.5 Å². The summed E-state index contributed by atoms with van der Waals surface area (Å²) in [6, 6.07) is 27.3. The van der Waals surface area contributed by atoms with E-state index in [-0.39, 0.29) is 75.6 Å². The van der Waals surface area contributed by atoms with E-state index in [9.17, 15) is 25.9 Å². The standard InChI is InChI=1S/C30H21N5O6S2.2Na/c31-26-11-12-27(23-6-2-1-5-22(23)26)32-33-28-13-14-29(25-8-4-3-7-24(25)28)34-35-30-17-20(43(39,40)41)16-18-15-19(42(36,37)38)9-10-21(18)30;;/h1-17H,31H2,(H,36,37,38)(H,39,40,41);;/q;2*+1/p-2. The van der Waals surface area contributed by atoms with Crippen LogP contribution in [0.1, 0.15) is 0 Å². The Balaban J connectivity index is 0.00000230. The average molecular weight is 656 g/mol. The molecule has 0 saturated heterocycles. The summed E-state index contributed by atoms with van der Waals surface area (Å²) < 4.78 is 70.0. The van der Waals surface area contributed by atoms with E-state index in [1.807, 2.05) is 42.5 Å². The van der Waals surface area contributed by atoms with Crippen LogP contribution < -0.4 is 64.8 Å². The molecule has 0 bridgehead atoms. The van der Waals surface area contributed by atoms with Gasteiger partial charge >= 0.3 is 59.1 Å². The molecule has 0 aromatic heterocycles. The van der Waals surface area contributed by atoms with Gasteiger partial charge in [0.2, 0.25) is 0 Å². The normalized spacial score (nSPS) is 12.1. The van der Waals surface area contributed by atoms with Gasteiger partial charge in [-0.15, -0.1) is 20.5 Å². The fourth-order valence-electron chi connectivity index (χ4n) is 4.73. The van der Waals surface area contributed by atoms with Crippen LogP contribution >= 0.6 is 0 Å². The van der Waals surface area contributed by atoms with Crippen molar-refractivity contribution in [1.29, 1.82) is 0 Å². The third kappa shape index (κ3) is 7.34. The molecule has 0 atom stereocenters. The zero-order valence-corrected chi connectivity index (χ0v) is 29.6. The molecule has 2 N–H and O–H groups in total. The number of benzene rings is 6. The van der Waals surface area contributed by atoms with Gasteiger partial charge in [-0.1, -0.05) is 54.6 Å². The average Bonchev–Trinajstić information content (AvgIpc) is 2.98. The van der Waals surface area contributed by atoms with E-state index in [2.05, 4.69) is 20.5 Å². The summed E-state index contributed by atoms with van der Waals surface area (Å²) in [5.74, 6) is 0. The first-order chi connectivity index (χ1) is 20.5. The molecule has 6 rings (SSSR count). The molecule has 0 saturated carbocycles. The molecule has 0 radical (unpaired) electrons. The third-order valence-electron chi connectivity index (χ3n) is 6.80. The summed E-state index contributed by atoms with van der Waals surface area (Å²) in [6.45, 7) is 0. The summed E-state index contributed by atoms with van der Waals surface area (Å²) in [4.78, 5) is -1.23. The van der Waals surface area contributed by atoms with Crippen LogP contribution in [0.4, 0.5) is 28.4 Å². The van der Waals surface area contributed by atoms with Gasteiger partial charge in [0.15, 0.2) is 0 Å². The SMILES string of the molecule is Nc1ccc(N=Nc2ccc(N=Nc3cc(S(=O)(=O)[O-])cc4cc(S(=O)(=O)[O-])ccc34)c3ccccc23)c2ccccc12.[Na+].[Na+]. The molecule has 0 fully saturated rings. The van der Waals surface area contributed by atoms with Crippen molar-refractivity contribution in [1.82, 2.24) is 0 Å². The fraction of sp³-hybridized carbons (Fsp3) is 0. The van der Waals surface area contributed by atoms with Crippen LogP contribution in [0, 0.1) is 0 Å². The molecule has 0 aliphatic rings. The molecular formula is C30H19N5Na2O6S2. The van der Waals surface area contributed by atoms with Gasteiger partial charge in [0, 0.05) is 32.6 Å². The Bertz CT molecular complexity index is 2380. The summed E-state index contributed by atoms with van der Waals surface area (Å²) in [5, 5.41) is 20.9. The van der Waals surface area contributed by atoms with E-state index in [4.69, 9.17) is 5.73 Å². The Hall–Kier alpha value is -3.08. The monoisotopic (exact) mass is 655 g/mol. The van der Waals surface area contributed by atoms with Crippen LogP contribution in [0.2, 0.25) is 0 Å². The summed E-state index contributed by atoms with van der Waals surface area (Å²) in [7, 11) is -9.77. The molecule has 11 nitrogen and oxygen atoms in total. The van der Waals surface area contributed by atoms with Crippen LogP contribution in [0.25, 0.3) is 32.3 Å². The molecule has 0 heterocycles. The molecule has 0 unspecified atom stereocenters. The molecule has 6 aromatic rings. The van der Waals surface area contributed by atoms with Crippen LogP contribution in [-0.2, 0) is 20.2 Å². The van der Waals surface area contributed by atoms with Crippen molar-refractivity contribution < 1.29 is 85.1 Å². The summed E-state index contributed by atoms with van der Waals surface area (Å²) in [6.07, 6.45) is 0. The van der Waals surface area contributed by atoms with Crippen molar-refractivity contribution in [2.75, 3.05) is 5.73 Å². The smallest absolute Gasteiger partial charge is 0.744 e. The van der Waals surface area contributed by atoms with Crippen molar-refractivity contribution in [2.45, 2.75) is 9.79 Å². The Morgan fingerprint density at radius 2 is 0.889 bits per heavy atom. The molecule has 0 amide bonds. The van der Waals surface area contributed by atoms with Crippen LogP contribution in [0.5, 0.6) is 0 Å². The minimum absolute atomic E-state index is 0. The van der Waals surface area contributed by atoms with Crippen LogP contribution in [0.3, 0.4) is 0 Å². The van der Waals surface area contributed by atoms with E-state index < -0.39 is 30.0 Å². The zero-order valence-electron chi connectivity index (χ0n) is 23.9. The van der Waals surface area contributed by atoms with Gasteiger partial charge in [0.1, 0.15) is 20.2 Å². The Morgan fingerprint density at radius 3 is 1.40 bits per heavy atom. The maximum atomic E-state index is 11.8. The van der Waals surface area contributed by atoms with Gasteiger partial charge in [-0.25, -0.2) is 16.8 Å². The number of nitrogens with two attached hydrogens (primary N) is 1. The molecular weight excluding hydrogens is 636 g/mol. The molecule has 45 heavy (non-hydrogen) atoms. The number of nitrogens with zero attached hydrogens (tertiary/aromatic N) is 4. The van der Waals surface area contributed by atoms with E-state index in [0.717, 1.165) is 35.0 Å². The Kier molecular flexibility index (Phi) is 10.6. The summed E-state index contributed by atoms with van der Waals surface area (Å²) >= 11 is 0. The first-order valence-electron chi connectivity index (χ1n) is 12.6. The number of hydrogen-bond acceptors (Lipinski definition) is 11. The van der Waals surface area contributed by atoms with E-state index >= 15 is 0 Å². The van der Waals surface area contributed by atoms with Gasteiger partial charge in [-0.05, 0) is 53.9 Å². The van der Waals surface area contributed by atoms with Crippen molar-refractivity contribution in [3.8, 4) is 0 Å². The number of nitrogen functional groups attached to an aromatic ring is 1. The maximum Gasteiger partial charge on any atom is 1.00 e. The molecule has 0 aliphatic heterocycles.